The van der Waals surface area contributed by atoms with Crippen molar-refractivity contribution in [3.05, 3.63) is 89.0 Å². The lowest BCUT2D eigenvalue weighted by molar-refractivity contribution is -0.0512. The number of methoxy groups -OCH3 is 1. The maximum absolute atomic E-state index is 12.7. The summed E-state index contributed by atoms with van der Waals surface area (Å²) in [6.07, 6.45) is 0. The summed E-state index contributed by atoms with van der Waals surface area (Å²) in [7, 11) is 1.30. The van der Waals surface area contributed by atoms with Crippen LogP contribution in [0.1, 0.15) is 31.8 Å². The average Bonchev–Trinajstić information content (AvgIpc) is 2.78. The van der Waals surface area contributed by atoms with Gasteiger partial charge in [-0.15, -0.1) is 0 Å². The number of carbonyl (C=O) groups is 2. The number of hydrogen-bond acceptors (Lipinski definition) is 4. The number of nitrogens with one attached hydrogen (secondary N) is 2. The van der Waals surface area contributed by atoms with E-state index in [0.29, 0.717) is 6.54 Å². The second-order valence-corrected chi connectivity index (χ2v) is 6.91. The minimum Gasteiger partial charge on any atom is -0.493 e. The fourth-order valence-corrected chi connectivity index (χ4v) is 2.97. The molecule has 2 amide bonds. The van der Waals surface area contributed by atoms with Gasteiger partial charge < -0.3 is 20.1 Å². The highest BCUT2D eigenvalue weighted by atomic mass is 19.3. The van der Waals surface area contributed by atoms with E-state index in [0.717, 1.165) is 17.2 Å². The van der Waals surface area contributed by atoms with E-state index in [1.807, 2.05) is 31.2 Å². The van der Waals surface area contributed by atoms with E-state index in [2.05, 4.69) is 15.4 Å². The molecule has 0 radical (unpaired) electrons. The molecule has 3 aromatic rings. The molecular formula is C24H22F2N2O4. The number of alkyl halides is 2. The molecule has 0 bridgehead atoms. The summed E-state index contributed by atoms with van der Waals surface area (Å²) in [4.78, 5) is 25.4. The largest absolute Gasteiger partial charge is 0.493 e. The Bertz CT molecular complexity index is 1100. The number of aryl methyl sites for hydroxylation is 1. The monoisotopic (exact) mass is 440 g/mol. The highest BCUT2D eigenvalue weighted by Gasteiger charge is 2.17. The van der Waals surface area contributed by atoms with Crippen molar-refractivity contribution < 1.29 is 27.8 Å². The number of halogens is 2. The Morgan fingerprint density at radius 3 is 2.34 bits per heavy atom. The van der Waals surface area contributed by atoms with Gasteiger partial charge in [-0.2, -0.15) is 8.78 Å². The van der Waals surface area contributed by atoms with Crippen LogP contribution in [0.4, 0.5) is 14.5 Å². The van der Waals surface area contributed by atoms with Crippen molar-refractivity contribution in [3.63, 3.8) is 0 Å². The number of anilines is 1. The van der Waals surface area contributed by atoms with Crippen molar-refractivity contribution in [1.82, 2.24) is 5.32 Å². The van der Waals surface area contributed by atoms with Crippen molar-refractivity contribution in [2.24, 2.45) is 0 Å². The van der Waals surface area contributed by atoms with Gasteiger partial charge in [0.2, 0.25) is 0 Å². The molecular weight excluding hydrogens is 418 g/mol. The third-order valence-electron chi connectivity index (χ3n) is 4.64. The molecule has 0 saturated carbocycles. The minimum atomic E-state index is -3.07. The fraction of sp³-hybridized carbons (Fsp3) is 0.167. The van der Waals surface area contributed by atoms with Crippen LogP contribution >= 0.6 is 0 Å². The number of rotatable bonds is 8. The van der Waals surface area contributed by atoms with E-state index >= 15 is 0 Å². The van der Waals surface area contributed by atoms with Gasteiger partial charge in [0.1, 0.15) is 0 Å². The van der Waals surface area contributed by atoms with Crippen molar-refractivity contribution in [2.75, 3.05) is 12.4 Å². The normalized spacial score (nSPS) is 10.5. The summed E-state index contributed by atoms with van der Waals surface area (Å²) in [5.74, 6) is -1.15. The van der Waals surface area contributed by atoms with Crippen molar-refractivity contribution in [1.29, 1.82) is 0 Å². The summed E-state index contributed by atoms with van der Waals surface area (Å²) in [5.41, 5.74) is 2.68. The molecule has 32 heavy (non-hydrogen) atoms. The summed E-state index contributed by atoms with van der Waals surface area (Å²) >= 11 is 0. The molecule has 0 saturated heterocycles. The first-order chi connectivity index (χ1) is 15.4. The Hall–Kier alpha value is -3.94. The van der Waals surface area contributed by atoms with Crippen LogP contribution in [0.2, 0.25) is 0 Å². The number of ether oxygens (including phenoxy) is 2. The predicted octanol–water partition coefficient (Wildman–Crippen LogP) is 4.79. The Kier molecular flexibility index (Phi) is 7.38. The Morgan fingerprint density at radius 2 is 1.66 bits per heavy atom. The van der Waals surface area contributed by atoms with E-state index in [1.54, 1.807) is 24.3 Å². The second-order valence-electron chi connectivity index (χ2n) is 6.91. The average molecular weight is 440 g/mol. The zero-order valence-electron chi connectivity index (χ0n) is 17.5. The van der Waals surface area contributed by atoms with Crippen molar-refractivity contribution >= 4 is 17.5 Å². The van der Waals surface area contributed by atoms with Crippen LogP contribution in [0, 0.1) is 6.92 Å². The van der Waals surface area contributed by atoms with Gasteiger partial charge in [-0.3, -0.25) is 9.59 Å². The van der Waals surface area contributed by atoms with E-state index < -0.39 is 12.5 Å². The summed E-state index contributed by atoms with van der Waals surface area (Å²) in [6.45, 7) is -0.763. The smallest absolute Gasteiger partial charge is 0.387 e. The molecule has 3 rings (SSSR count). The molecule has 0 atom stereocenters. The standard InChI is InChI=1S/C24H22F2N2O4/c1-15-7-9-16(10-8-15)14-27-23(30)18-5-3-4-6-19(18)28-22(29)17-11-12-20(31-2)21(13-17)32-24(25)26/h3-13,24H,14H2,1-2H3,(H,27,30)(H,28,29). The van der Waals surface area contributed by atoms with Crippen LogP contribution in [-0.2, 0) is 6.54 Å². The molecule has 2 N–H and O–H groups in total. The van der Waals surface area contributed by atoms with Gasteiger partial charge >= 0.3 is 6.61 Å². The lowest BCUT2D eigenvalue weighted by Crippen LogP contribution is -2.25. The van der Waals surface area contributed by atoms with Gasteiger partial charge in [0.25, 0.3) is 11.8 Å². The lowest BCUT2D eigenvalue weighted by Gasteiger charge is -2.13. The Morgan fingerprint density at radius 1 is 0.938 bits per heavy atom. The number of hydrogen-bond donors (Lipinski definition) is 2. The van der Waals surface area contributed by atoms with Gasteiger partial charge in [0.15, 0.2) is 11.5 Å². The molecule has 3 aromatic carbocycles. The van der Waals surface area contributed by atoms with Crippen LogP contribution in [0.25, 0.3) is 0 Å². The van der Waals surface area contributed by atoms with Crippen molar-refractivity contribution in [2.45, 2.75) is 20.1 Å². The molecule has 0 aliphatic carbocycles. The number of para-hydroxylation sites is 1. The van der Waals surface area contributed by atoms with Crippen LogP contribution in [0.5, 0.6) is 11.5 Å². The summed E-state index contributed by atoms with van der Waals surface area (Å²) < 4.78 is 34.7. The molecule has 0 unspecified atom stereocenters. The minimum absolute atomic E-state index is 0.0660. The summed E-state index contributed by atoms with van der Waals surface area (Å²) in [6, 6.07) is 18.2. The van der Waals surface area contributed by atoms with E-state index in [-0.39, 0.29) is 34.2 Å². The van der Waals surface area contributed by atoms with Crippen LogP contribution in [-0.4, -0.2) is 25.5 Å². The highest BCUT2D eigenvalue weighted by Crippen LogP contribution is 2.30. The van der Waals surface area contributed by atoms with Gasteiger partial charge in [-0.1, -0.05) is 42.0 Å². The molecule has 6 nitrogen and oxygen atoms in total. The second kappa shape index (κ2) is 10.4. The molecule has 0 heterocycles. The number of amides is 2. The van der Waals surface area contributed by atoms with E-state index in [1.165, 1.54) is 19.2 Å². The Labute approximate surface area is 184 Å². The molecule has 166 valence electrons. The number of benzene rings is 3. The van der Waals surface area contributed by atoms with Crippen LogP contribution in [0.15, 0.2) is 66.7 Å². The topological polar surface area (TPSA) is 76.7 Å². The number of carbonyl (C=O) groups excluding carboxylic acids is 2. The Balaban J connectivity index is 1.74. The molecule has 0 aliphatic rings. The van der Waals surface area contributed by atoms with Crippen molar-refractivity contribution in [3.8, 4) is 11.5 Å². The van der Waals surface area contributed by atoms with Gasteiger partial charge in [0, 0.05) is 12.1 Å². The van der Waals surface area contributed by atoms with E-state index in [4.69, 9.17) is 4.74 Å². The SMILES string of the molecule is COc1ccc(C(=O)Nc2ccccc2C(=O)NCc2ccc(C)cc2)cc1OC(F)F. The van der Waals surface area contributed by atoms with E-state index in [9.17, 15) is 18.4 Å². The van der Waals surface area contributed by atoms with Gasteiger partial charge in [-0.05, 0) is 42.8 Å². The molecule has 0 spiro atoms. The highest BCUT2D eigenvalue weighted by molar-refractivity contribution is 6.09. The molecule has 0 fully saturated rings. The maximum atomic E-state index is 12.7. The molecule has 0 aliphatic heterocycles. The lowest BCUT2D eigenvalue weighted by atomic mass is 10.1. The maximum Gasteiger partial charge on any atom is 0.387 e. The fourth-order valence-electron chi connectivity index (χ4n) is 2.97. The van der Waals surface area contributed by atoms with Gasteiger partial charge in [0.05, 0.1) is 18.4 Å². The molecule has 8 heteroatoms. The third-order valence-corrected chi connectivity index (χ3v) is 4.64. The first kappa shape index (κ1) is 22.7. The third kappa shape index (κ3) is 5.81. The zero-order chi connectivity index (χ0) is 23.1. The summed E-state index contributed by atoms with van der Waals surface area (Å²) in [5, 5.41) is 5.47. The predicted molar refractivity (Wildman–Crippen MR) is 116 cm³/mol. The molecule has 0 aromatic heterocycles. The van der Waals surface area contributed by atoms with Crippen LogP contribution in [0.3, 0.4) is 0 Å². The van der Waals surface area contributed by atoms with Gasteiger partial charge in [-0.25, -0.2) is 0 Å². The van der Waals surface area contributed by atoms with Crippen LogP contribution < -0.4 is 20.1 Å². The zero-order valence-corrected chi connectivity index (χ0v) is 17.5. The quantitative estimate of drug-likeness (QED) is 0.528. The first-order valence-electron chi connectivity index (χ1n) is 9.74. The first-order valence-corrected chi connectivity index (χ1v) is 9.74.